The summed E-state index contributed by atoms with van der Waals surface area (Å²) in [5.74, 6) is -0.764. The highest BCUT2D eigenvalue weighted by Gasteiger charge is 1.96. The van der Waals surface area contributed by atoms with Gasteiger partial charge in [-0.25, -0.2) is 0 Å². The Morgan fingerprint density at radius 2 is 1.95 bits per heavy atom. The van der Waals surface area contributed by atoms with Crippen molar-refractivity contribution in [2.24, 2.45) is 0 Å². The Morgan fingerprint density at radius 1 is 1.16 bits per heavy atom. The Labute approximate surface area is 116 Å². The lowest BCUT2D eigenvalue weighted by molar-refractivity contribution is -0.136. The first-order valence-electron chi connectivity index (χ1n) is 7.05. The van der Waals surface area contributed by atoms with Gasteiger partial charge in [0.25, 0.3) is 0 Å². The van der Waals surface area contributed by atoms with Crippen molar-refractivity contribution >= 4 is 5.97 Å². The average molecular weight is 266 g/mol. The highest BCUT2D eigenvalue weighted by molar-refractivity contribution is 5.66. The van der Waals surface area contributed by atoms with Gasteiger partial charge < -0.3 is 10.2 Å². The van der Waals surface area contributed by atoms with Crippen LogP contribution >= 0.6 is 0 Å². The smallest absolute Gasteiger partial charge is 0.303 e. The Bertz CT molecular complexity index is 303. The van der Waals surface area contributed by atoms with E-state index in [0.717, 1.165) is 19.3 Å². The molecule has 1 atom stereocenters. The molecule has 3 heteroatoms. The zero-order valence-electron chi connectivity index (χ0n) is 11.8. The molecule has 0 saturated heterocycles. The molecule has 0 aliphatic carbocycles. The number of aliphatic hydroxyl groups excluding tert-OH is 1. The van der Waals surface area contributed by atoms with Gasteiger partial charge >= 0.3 is 5.97 Å². The van der Waals surface area contributed by atoms with E-state index < -0.39 is 5.97 Å². The summed E-state index contributed by atoms with van der Waals surface area (Å²) in [6, 6.07) is 0. The van der Waals surface area contributed by atoms with Gasteiger partial charge in [-0.15, -0.1) is 0 Å². The second kappa shape index (κ2) is 13.1. The first kappa shape index (κ1) is 17.6. The van der Waals surface area contributed by atoms with Crippen LogP contribution in [0.2, 0.25) is 0 Å². The van der Waals surface area contributed by atoms with Crippen LogP contribution in [0.15, 0.2) is 36.5 Å². The third-order valence-electron chi connectivity index (χ3n) is 2.65. The number of rotatable bonds is 11. The maximum Gasteiger partial charge on any atom is 0.303 e. The molecule has 3 nitrogen and oxygen atoms in total. The van der Waals surface area contributed by atoms with Crippen molar-refractivity contribution < 1.29 is 15.0 Å². The molecule has 0 bridgehead atoms. The molecular formula is C16H26O3. The predicted molar refractivity (Wildman–Crippen MR) is 79.1 cm³/mol. The molecule has 0 rings (SSSR count). The third kappa shape index (κ3) is 14.6. The standard InChI is InChI=1S/C16H26O3/c1-2-3-9-12-15(17)13-10-7-5-4-6-8-11-14-16(18)19/h5-8,10,13,15,17H,2-4,9,11-12,14H2,1H3,(H,18,19)/b7-5+,8-6+,13-10+. The second-order valence-corrected chi connectivity index (χ2v) is 4.52. The van der Waals surface area contributed by atoms with Crippen molar-refractivity contribution in [2.45, 2.75) is 58.0 Å². The first-order valence-corrected chi connectivity index (χ1v) is 7.05. The summed E-state index contributed by atoms with van der Waals surface area (Å²) in [7, 11) is 0. The lowest BCUT2D eigenvalue weighted by Gasteiger charge is -2.02. The molecule has 0 aliphatic rings. The summed E-state index contributed by atoms with van der Waals surface area (Å²) in [5, 5.41) is 18.0. The number of hydrogen-bond donors (Lipinski definition) is 2. The van der Waals surface area contributed by atoms with E-state index in [1.807, 2.05) is 30.4 Å². The molecule has 108 valence electrons. The molecule has 0 aromatic heterocycles. The number of carbonyl (C=O) groups is 1. The van der Waals surface area contributed by atoms with Crippen molar-refractivity contribution in [1.82, 2.24) is 0 Å². The number of aliphatic carboxylic acids is 1. The minimum absolute atomic E-state index is 0.185. The van der Waals surface area contributed by atoms with Gasteiger partial charge in [-0.3, -0.25) is 4.79 Å². The monoisotopic (exact) mass is 266 g/mol. The van der Waals surface area contributed by atoms with E-state index in [4.69, 9.17) is 5.11 Å². The fourth-order valence-electron chi connectivity index (χ4n) is 1.55. The van der Waals surface area contributed by atoms with Crippen LogP contribution in [0.3, 0.4) is 0 Å². The molecule has 19 heavy (non-hydrogen) atoms. The van der Waals surface area contributed by atoms with Crippen LogP contribution in [0.4, 0.5) is 0 Å². The summed E-state index contributed by atoms with van der Waals surface area (Å²) < 4.78 is 0. The van der Waals surface area contributed by atoms with Gasteiger partial charge in [-0.05, 0) is 19.3 Å². The first-order chi connectivity index (χ1) is 9.16. The van der Waals surface area contributed by atoms with Crippen molar-refractivity contribution in [1.29, 1.82) is 0 Å². The van der Waals surface area contributed by atoms with Crippen LogP contribution in [0, 0.1) is 0 Å². The van der Waals surface area contributed by atoms with E-state index in [2.05, 4.69) is 6.92 Å². The lowest BCUT2D eigenvalue weighted by Crippen LogP contribution is -2.00. The van der Waals surface area contributed by atoms with Crippen LogP contribution in [-0.2, 0) is 4.79 Å². The molecule has 0 aromatic rings. The number of aliphatic hydroxyl groups is 1. The SMILES string of the molecule is CCCCCC(O)/C=C/C=C/C/C=C/CCC(=O)O. The quantitative estimate of drug-likeness (QED) is 0.339. The van der Waals surface area contributed by atoms with Gasteiger partial charge in [-0.2, -0.15) is 0 Å². The van der Waals surface area contributed by atoms with Crippen molar-refractivity contribution in [3.63, 3.8) is 0 Å². The molecule has 0 fully saturated rings. The fourth-order valence-corrected chi connectivity index (χ4v) is 1.55. The molecule has 0 spiro atoms. The van der Waals surface area contributed by atoms with Crippen LogP contribution in [0.5, 0.6) is 0 Å². The van der Waals surface area contributed by atoms with Crippen LogP contribution in [0.1, 0.15) is 51.9 Å². The van der Waals surface area contributed by atoms with Gasteiger partial charge in [-0.1, -0.05) is 62.6 Å². The molecule has 0 radical (unpaired) electrons. The Balaban J connectivity index is 3.58. The normalized spacial score (nSPS) is 13.8. The third-order valence-corrected chi connectivity index (χ3v) is 2.65. The number of carboxylic acids is 1. The predicted octanol–water partition coefficient (Wildman–Crippen LogP) is 3.85. The van der Waals surface area contributed by atoms with Gasteiger partial charge in [0.1, 0.15) is 0 Å². The summed E-state index contributed by atoms with van der Waals surface area (Å²) in [6.45, 7) is 2.15. The van der Waals surface area contributed by atoms with E-state index in [1.165, 1.54) is 12.8 Å². The van der Waals surface area contributed by atoms with E-state index in [-0.39, 0.29) is 12.5 Å². The summed E-state index contributed by atoms with van der Waals surface area (Å²) >= 11 is 0. The molecule has 0 amide bonds. The largest absolute Gasteiger partial charge is 0.481 e. The van der Waals surface area contributed by atoms with E-state index in [1.54, 1.807) is 6.08 Å². The number of unbranched alkanes of at least 4 members (excludes halogenated alkanes) is 2. The van der Waals surface area contributed by atoms with Crippen molar-refractivity contribution in [3.05, 3.63) is 36.5 Å². The van der Waals surface area contributed by atoms with Crippen LogP contribution < -0.4 is 0 Å². The van der Waals surface area contributed by atoms with Crippen LogP contribution in [-0.4, -0.2) is 22.3 Å². The number of carboxylic acid groups (broad SMARTS) is 1. The van der Waals surface area contributed by atoms with Crippen molar-refractivity contribution in [3.8, 4) is 0 Å². The maximum absolute atomic E-state index is 10.3. The second-order valence-electron chi connectivity index (χ2n) is 4.52. The average Bonchev–Trinajstić information content (AvgIpc) is 2.36. The van der Waals surface area contributed by atoms with Gasteiger partial charge in [0.2, 0.25) is 0 Å². The zero-order valence-corrected chi connectivity index (χ0v) is 11.8. The fraction of sp³-hybridized carbons (Fsp3) is 0.562. The zero-order chi connectivity index (χ0) is 14.3. The van der Waals surface area contributed by atoms with E-state index in [9.17, 15) is 9.90 Å². The Kier molecular flexibility index (Phi) is 12.2. The molecule has 0 aromatic carbocycles. The maximum atomic E-state index is 10.3. The molecule has 0 aliphatic heterocycles. The van der Waals surface area contributed by atoms with E-state index >= 15 is 0 Å². The number of allylic oxidation sites excluding steroid dienone is 5. The van der Waals surface area contributed by atoms with Gasteiger partial charge in [0.05, 0.1) is 6.10 Å². The Hall–Kier alpha value is -1.35. The number of hydrogen-bond acceptors (Lipinski definition) is 2. The van der Waals surface area contributed by atoms with Gasteiger partial charge in [0.15, 0.2) is 0 Å². The molecule has 1 unspecified atom stereocenters. The summed E-state index contributed by atoms with van der Waals surface area (Å²) in [6.07, 6.45) is 16.8. The molecule has 0 saturated carbocycles. The Morgan fingerprint density at radius 3 is 2.63 bits per heavy atom. The molecule has 2 N–H and O–H groups in total. The molecular weight excluding hydrogens is 240 g/mol. The van der Waals surface area contributed by atoms with Crippen LogP contribution in [0.25, 0.3) is 0 Å². The topological polar surface area (TPSA) is 57.5 Å². The minimum atomic E-state index is -0.764. The lowest BCUT2D eigenvalue weighted by atomic mass is 10.1. The van der Waals surface area contributed by atoms with Crippen molar-refractivity contribution in [2.75, 3.05) is 0 Å². The van der Waals surface area contributed by atoms with Gasteiger partial charge in [0, 0.05) is 6.42 Å². The van der Waals surface area contributed by atoms with E-state index in [0.29, 0.717) is 6.42 Å². The summed E-state index contributed by atoms with van der Waals surface area (Å²) in [4.78, 5) is 10.3. The summed E-state index contributed by atoms with van der Waals surface area (Å²) in [5.41, 5.74) is 0. The molecule has 0 heterocycles. The highest BCUT2D eigenvalue weighted by Crippen LogP contribution is 2.04. The highest BCUT2D eigenvalue weighted by atomic mass is 16.4. The minimum Gasteiger partial charge on any atom is -0.481 e.